The Morgan fingerprint density at radius 3 is 2.38 bits per heavy atom. The minimum absolute atomic E-state index is 0.515. The van der Waals surface area contributed by atoms with Crippen molar-refractivity contribution in [3.05, 3.63) is 0 Å². The number of piperidine rings is 1. The number of amides is 1. The minimum atomic E-state index is -2.15. The van der Waals surface area contributed by atoms with Gasteiger partial charge in [-0.25, -0.2) is 4.39 Å². The summed E-state index contributed by atoms with van der Waals surface area (Å²) in [5, 5.41) is 0. The first-order valence-electron chi connectivity index (χ1n) is 5.52. The van der Waals surface area contributed by atoms with E-state index < -0.39 is 24.0 Å². The van der Waals surface area contributed by atoms with Crippen molar-refractivity contribution in [3.63, 3.8) is 0 Å². The molecule has 1 unspecified atom stereocenters. The number of halogens is 1. The van der Waals surface area contributed by atoms with E-state index in [4.69, 9.17) is 0 Å². The zero-order valence-corrected chi connectivity index (χ0v) is 9.79. The van der Waals surface area contributed by atoms with Crippen LogP contribution in [0.15, 0.2) is 0 Å². The summed E-state index contributed by atoms with van der Waals surface area (Å²) in [6.45, 7) is 2.31. The molecular weight excluding hydrogens is 213 g/mol. The van der Waals surface area contributed by atoms with E-state index in [1.54, 1.807) is 0 Å². The fourth-order valence-electron chi connectivity index (χ4n) is 1.85. The van der Waals surface area contributed by atoms with Crippen LogP contribution in [-0.4, -0.2) is 42.6 Å². The van der Waals surface area contributed by atoms with Crippen LogP contribution in [0.1, 0.15) is 32.6 Å². The molecule has 1 aliphatic rings. The second-order valence-electron chi connectivity index (χ2n) is 4.30. The van der Waals surface area contributed by atoms with Crippen LogP contribution in [0.4, 0.5) is 4.39 Å². The molecule has 0 N–H and O–H groups in total. The second kappa shape index (κ2) is 5.27. The molecule has 0 bridgehead atoms. The third-order valence-corrected chi connectivity index (χ3v) is 2.79. The number of hydrogen-bond acceptors (Lipinski definition) is 3. The van der Waals surface area contributed by atoms with Crippen LogP contribution in [0.5, 0.6) is 0 Å². The van der Waals surface area contributed by atoms with Gasteiger partial charge in [-0.15, -0.1) is 0 Å². The van der Waals surface area contributed by atoms with E-state index in [9.17, 15) is 14.0 Å². The van der Waals surface area contributed by atoms with Gasteiger partial charge >= 0.3 is 5.97 Å². The van der Waals surface area contributed by atoms with Gasteiger partial charge in [0, 0.05) is 13.1 Å². The summed E-state index contributed by atoms with van der Waals surface area (Å²) in [5.74, 6) is -1.30. The smallest absolute Gasteiger partial charge is 0.309 e. The van der Waals surface area contributed by atoms with Crippen molar-refractivity contribution in [3.8, 4) is 0 Å². The summed E-state index contributed by atoms with van der Waals surface area (Å²) < 4.78 is 18.4. The Labute approximate surface area is 94.7 Å². The summed E-state index contributed by atoms with van der Waals surface area (Å²) in [7, 11) is 1.18. The van der Waals surface area contributed by atoms with E-state index in [1.807, 2.05) is 0 Å². The molecule has 5 heteroatoms. The van der Waals surface area contributed by atoms with Crippen molar-refractivity contribution in [2.24, 2.45) is 0 Å². The van der Waals surface area contributed by atoms with Crippen molar-refractivity contribution >= 4 is 11.9 Å². The van der Waals surface area contributed by atoms with Crippen LogP contribution in [0.2, 0.25) is 0 Å². The molecule has 16 heavy (non-hydrogen) atoms. The molecule has 92 valence electrons. The zero-order valence-electron chi connectivity index (χ0n) is 9.79. The van der Waals surface area contributed by atoms with Gasteiger partial charge in [-0.3, -0.25) is 9.59 Å². The summed E-state index contributed by atoms with van der Waals surface area (Å²) in [6, 6.07) is 0. The number of carbonyl (C=O) groups excluding carboxylic acids is 2. The largest absolute Gasteiger partial charge is 0.469 e. The number of nitrogens with zero attached hydrogens (tertiary/aromatic N) is 1. The van der Waals surface area contributed by atoms with Gasteiger partial charge in [0.15, 0.2) is 5.67 Å². The van der Waals surface area contributed by atoms with E-state index in [2.05, 4.69) is 4.74 Å². The maximum absolute atomic E-state index is 14.0. The highest BCUT2D eigenvalue weighted by molar-refractivity contribution is 5.89. The van der Waals surface area contributed by atoms with E-state index >= 15 is 0 Å². The first-order chi connectivity index (χ1) is 7.47. The van der Waals surface area contributed by atoms with Crippen LogP contribution in [0.3, 0.4) is 0 Å². The summed E-state index contributed by atoms with van der Waals surface area (Å²) in [5.41, 5.74) is -2.15. The highest BCUT2D eigenvalue weighted by atomic mass is 19.1. The lowest BCUT2D eigenvalue weighted by Crippen LogP contribution is -2.47. The third kappa shape index (κ3) is 3.18. The first kappa shape index (κ1) is 12.9. The molecule has 4 nitrogen and oxygen atoms in total. The number of alkyl halides is 1. The van der Waals surface area contributed by atoms with Crippen LogP contribution in [0, 0.1) is 0 Å². The van der Waals surface area contributed by atoms with Crippen molar-refractivity contribution in [1.29, 1.82) is 0 Å². The van der Waals surface area contributed by atoms with Crippen molar-refractivity contribution in [2.75, 3.05) is 20.2 Å². The fourth-order valence-corrected chi connectivity index (χ4v) is 1.85. The maximum atomic E-state index is 14.0. The first-order valence-corrected chi connectivity index (χ1v) is 5.52. The SMILES string of the molecule is COC(=O)CC(C)(F)C(=O)N1CCCCC1. The van der Waals surface area contributed by atoms with Gasteiger partial charge in [0.25, 0.3) is 5.91 Å². The van der Waals surface area contributed by atoms with Gasteiger partial charge in [0.2, 0.25) is 0 Å². The molecule has 0 aromatic heterocycles. The summed E-state index contributed by atoms with van der Waals surface area (Å²) in [6.07, 6.45) is 2.36. The van der Waals surface area contributed by atoms with Crippen molar-refractivity contribution in [2.45, 2.75) is 38.3 Å². The monoisotopic (exact) mass is 231 g/mol. The normalized spacial score (nSPS) is 20.1. The predicted octanol–water partition coefficient (Wildman–Crippen LogP) is 1.29. The van der Waals surface area contributed by atoms with E-state index in [0.29, 0.717) is 13.1 Å². The number of hydrogen-bond donors (Lipinski definition) is 0. The lowest BCUT2D eigenvalue weighted by Gasteiger charge is -2.31. The van der Waals surface area contributed by atoms with Gasteiger partial charge in [-0.05, 0) is 26.2 Å². The molecule has 0 aliphatic carbocycles. The Hall–Kier alpha value is -1.13. The van der Waals surface area contributed by atoms with Gasteiger partial charge in [0.05, 0.1) is 13.5 Å². The lowest BCUT2D eigenvalue weighted by atomic mass is 10.0. The van der Waals surface area contributed by atoms with Gasteiger partial charge in [-0.1, -0.05) is 0 Å². The Morgan fingerprint density at radius 2 is 1.88 bits per heavy atom. The van der Waals surface area contributed by atoms with Gasteiger partial charge < -0.3 is 9.64 Å². The molecule has 1 saturated heterocycles. The minimum Gasteiger partial charge on any atom is -0.469 e. The average molecular weight is 231 g/mol. The molecule has 0 saturated carbocycles. The number of ether oxygens (including phenoxy) is 1. The number of rotatable bonds is 3. The number of esters is 1. The Morgan fingerprint density at radius 1 is 1.31 bits per heavy atom. The van der Waals surface area contributed by atoms with Crippen molar-refractivity contribution in [1.82, 2.24) is 4.90 Å². The molecule has 0 aromatic carbocycles. The molecule has 0 radical (unpaired) electrons. The van der Waals surface area contributed by atoms with Gasteiger partial charge in [-0.2, -0.15) is 0 Å². The molecule has 0 spiro atoms. The topological polar surface area (TPSA) is 46.6 Å². The Kier molecular flexibility index (Phi) is 4.26. The van der Waals surface area contributed by atoms with Gasteiger partial charge in [0.1, 0.15) is 0 Å². The van der Waals surface area contributed by atoms with Crippen molar-refractivity contribution < 1.29 is 18.7 Å². The molecule has 1 heterocycles. The molecule has 1 rings (SSSR count). The molecule has 1 atom stereocenters. The third-order valence-electron chi connectivity index (χ3n) is 2.79. The van der Waals surface area contributed by atoms with E-state index in [-0.39, 0.29) is 0 Å². The molecule has 1 fully saturated rings. The summed E-state index contributed by atoms with van der Waals surface area (Å²) in [4.78, 5) is 24.3. The maximum Gasteiger partial charge on any atom is 0.309 e. The Bertz CT molecular complexity index is 272. The Balaban J connectivity index is 2.59. The lowest BCUT2D eigenvalue weighted by molar-refractivity contribution is -0.153. The number of methoxy groups -OCH3 is 1. The van der Waals surface area contributed by atoms with Crippen LogP contribution >= 0.6 is 0 Å². The highest BCUT2D eigenvalue weighted by Crippen LogP contribution is 2.22. The van der Waals surface area contributed by atoms with E-state index in [0.717, 1.165) is 26.2 Å². The number of likely N-dealkylation sites (tertiary alicyclic amines) is 1. The number of carbonyl (C=O) groups is 2. The molecule has 1 aliphatic heterocycles. The predicted molar refractivity (Wildman–Crippen MR) is 56.6 cm³/mol. The van der Waals surface area contributed by atoms with Crippen LogP contribution in [-0.2, 0) is 14.3 Å². The second-order valence-corrected chi connectivity index (χ2v) is 4.30. The molecule has 0 aromatic rings. The highest BCUT2D eigenvalue weighted by Gasteiger charge is 2.39. The van der Waals surface area contributed by atoms with E-state index in [1.165, 1.54) is 12.0 Å². The average Bonchev–Trinajstić information content (AvgIpc) is 2.28. The van der Waals surface area contributed by atoms with Crippen LogP contribution in [0.25, 0.3) is 0 Å². The zero-order chi connectivity index (χ0) is 12.2. The standard InChI is InChI=1S/C11H18FNO3/c1-11(12,8-9(14)16-2)10(15)13-6-4-3-5-7-13/h3-8H2,1-2H3. The quantitative estimate of drug-likeness (QED) is 0.688. The molecule has 1 amide bonds. The summed E-state index contributed by atoms with van der Waals surface area (Å²) >= 11 is 0. The fraction of sp³-hybridized carbons (Fsp3) is 0.818. The molecular formula is C11H18FNO3. The van der Waals surface area contributed by atoms with Crippen LogP contribution < -0.4 is 0 Å².